The second-order valence-electron chi connectivity index (χ2n) is 0.539. The summed E-state index contributed by atoms with van der Waals surface area (Å²) in [5.41, 5.74) is 4.42. The molecular formula is C2H5NO4Ti. The van der Waals surface area contributed by atoms with Crippen LogP contribution in [0.2, 0.25) is 0 Å². The summed E-state index contributed by atoms with van der Waals surface area (Å²) in [6, 6.07) is 1.74. The standard InChI is InChI=1S/C2H3NO.2H2O.O.Ti/c3-1-2-4;;;;/h4H,3H2;2*1H2;;/q;;;;+2/p-2. The molecule has 0 aromatic carbocycles. The Labute approximate surface area is 52.9 Å². The van der Waals surface area contributed by atoms with Crippen molar-refractivity contribution in [3.63, 3.8) is 0 Å². The van der Waals surface area contributed by atoms with Crippen LogP contribution in [0.1, 0.15) is 0 Å². The van der Waals surface area contributed by atoms with E-state index in [1.807, 2.05) is 0 Å². The Hall–Kier alpha value is -0.406. The van der Waals surface area contributed by atoms with Gasteiger partial charge in [-0.15, -0.1) is 0 Å². The quantitative estimate of drug-likeness (QED) is 0.184. The van der Waals surface area contributed by atoms with Crippen LogP contribution in [-0.2, 0) is 21.9 Å². The van der Waals surface area contributed by atoms with E-state index in [4.69, 9.17) is 15.8 Å². The normalized spacial score (nSPS) is 4.75. The first-order chi connectivity index (χ1) is 3.65. The Morgan fingerprint density at radius 1 is 1.50 bits per heavy atom. The van der Waals surface area contributed by atoms with Crippen LogP contribution in [0.25, 0.3) is 0 Å². The van der Waals surface area contributed by atoms with Gasteiger partial charge in [0, 0.05) is 6.04 Å². The summed E-state index contributed by atoms with van der Waals surface area (Å²) in [6.45, 7) is 0. The van der Waals surface area contributed by atoms with E-state index in [1.54, 1.807) is 6.04 Å². The molecule has 46 valence electrons. The number of aliphatic hydroxyl groups excluding tert-OH is 1. The summed E-state index contributed by atoms with van der Waals surface area (Å²) < 4.78 is 23.2. The SMILES string of the molecule is NC#CO.[O]=[Ti]([OH])[OH]. The molecule has 0 radical (unpaired) electrons. The number of hydrogen-bond acceptors (Lipinski definition) is 3. The number of aliphatic hydroxyl groups is 1. The molecule has 0 saturated carbocycles. The van der Waals surface area contributed by atoms with Crippen molar-refractivity contribution < 1.29 is 34.4 Å². The van der Waals surface area contributed by atoms with Gasteiger partial charge in [0.25, 0.3) is 0 Å². The molecule has 0 aromatic heterocycles. The van der Waals surface area contributed by atoms with Gasteiger partial charge in [0.1, 0.15) is 6.11 Å². The molecule has 0 unspecified atom stereocenters. The third-order valence-corrected chi connectivity index (χ3v) is 0.0645. The first-order valence-corrected chi connectivity index (χ1v) is 3.45. The maximum atomic E-state index is 8.81. The van der Waals surface area contributed by atoms with Crippen molar-refractivity contribution in [2.45, 2.75) is 0 Å². The van der Waals surface area contributed by atoms with E-state index in [-0.39, 0.29) is 0 Å². The summed E-state index contributed by atoms with van der Waals surface area (Å²) in [4.78, 5) is 0. The Kier molecular flexibility index (Phi) is 12.9. The molecule has 6 heteroatoms. The van der Waals surface area contributed by atoms with Crippen molar-refractivity contribution in [1.29, 1.82) is 0 Å². The van der Waals surface area contributed by atoms with Gasteiger partial charge < -0.3 is 10.8 Å². The fourth-order valence-electron chi connectivity index (χ4n) is 0. The Balaban J connectivity index is 0. The van der Waals surface area contributed by atoms with Crippen LogP contribution in [0.15, 0.2) is 0 Å². The van der Waals surface area contributed by atoms with Crippen molar-refractivity contribution in [1.82, 2.24) is 0 Å². The minimum atomic E-state index is -3.58. The van der Waals surface area contributed by atoms with Gasteiger partial charge >= 0.3 is 29.3 Å². The van der Waals surface area contributed by atoms with Crippen molar-refractivity contribution in [2.75, 3.05) is 0 Å². The first kappa shape index (κ1) is 10.6. The van der Waals surface area contributed by atoms with Crippen molar-refractivity contribution >= 4 is 0 Å². The molecule has 0 aliphatic carbocycles. The molecule has 0 aliphatic rings. The Morgan fingerprint density at radius 3 is 1.62 bits per heavy atom. The van der Waals surface area contributed by atoms with Crippen LogP contribution < -0.4 is 5.73 Å². The van der Waals surface area contributed by atoms with Crippen LogP contribution in [0.5, 0.6) is 0 Å². The molecule has 0 aromatic rings. The number of rotatable bonds is 0. The molecule has 0 amide bonds. The van der Waals surface area contributed by atoms with Crippen LogP contribution in [0.4, 0.5) is 0 Å². The molecule has 0 spiro atoms. The molecule has 0 bridgehead atoms. The van der Waals surface area contributed by atoms with E-state index in [0.717, 1.165) is 0 Å². The van der Waals surface area contributed by atoms with Gasteiger partial charge in [-0.25, -0.2) is 0 Å². The van der Waals surface area contributed by atoms with Crippen molar-refractivity contribution in [3.05, 3.63) is 0 Å². The van der Waals surface area contributed by atoms with E-state index >= 15 is 0 Å². The van der Waals surface area contributed by atoms with E-state index < -0.39 is 18.6 Å². The number of nitrogens with two attached hydrogens (primary N) is 1. The zero-order chi connectivity index (χ0) is 6.99. The average Bonchev–Trinajstić information content (AvgIpc) is 1.65. The Bertz CT molecular complexity index is 103. The second kappa shape index (κ2) is 9.78. The molecule has 0 fully saturated rings. The fraction of sp³-hybridized carbons (Fsp3) is 0. The summed E-state index contributed by atoms with van der Waals surface area (Å²) in [7, 11) is 0. The topological polar surface area (TPSA) is 104 Å². The maximum absolute atomic E-state index is 8.81. The molecule has 5 N–H and O–H groups in total. The van der Waals surface area contributed by atoms with Crippen LogP contribution in [0.3, 0.4) is 0 Å². The van der Waals surface area contributed by atoms with Gasteiger partial charge in [0.05, 0.1) is 0 Å². The van der Waals surface area contributed by atoms with E-state index in [1.165, 1.54) is 6.11 Å². The zero-order valence-corrected chi connectivity index (χ0v) is 5.39. The van der Waals surface area contributed by atoms with Gasteiger partial charge in [-0.2, -0.15) is 0 Å². The predicted octanol–water partition coefficient (Wildman–Crippen LogP) is -2.00. The molecule has 0 aliphatic heterocycles. The van der Waals surface area contributed by atoms with E-state index in [2.05, 4.69) is 5.73 Å². The van der Waals surface area contributed by atoms with E-state index in [9.17, 15) is 0 Å². The molecule has 5 nitrogen and oxygen atoms in total. The third kappa shape index (κ3) is 334. The van der Waals surface area contributed by atoms with Gasteiger partial charge in [-0.3, -0.25) is 0 Å². The van der Waals surface area contributed by atoms with E-state index in [0.29, 0.717) is 0 Å². The molecule has 0 heterocycles. The summed E-state index contributed by atoms with van der Waals surface area (Å²) in [5, 5.41) is 7.39. The predicted molar refractivity (Wildman–Crippen MR) is 19.0 cm³/mol. The molecular weight excluding hydrogens is 150 g/mol. The van der Waals surface area contributed by atoms with Crippen LogP contribution >= 0.6 is 0 Å². The van der Waals surface area contributed by atoms with Gasteiger partial charge in [-0.1, -0.05) is 0 Å². The molecule has 8 heavy (non-hydrogen) atoms. The molecule has 0 saturated heterocycles. The van der Waals surface area contributed by atoms with Crippen LogP contribution in [0, 0.1) is 12.2 Å². The van der Waals surface area contributed by atoms with Crippen LogP contribution in [-0.4, -0.2) is 12.5 Å². The minimum absolute atomic E-state index is 1.46. The van der Waals surface area contributed by atoms with Crippen molar-refractivity contribution in [2.24, 2.45) is 5.73 Å². The average molecular weight is 155 g/mol. The second-order valence-corrected chi connectivity index (χ2v) is 1.42. The van der Waals surface area contributed by atoms with Gasteiger partial charge in [0.2, 0.25) is 0 Å². The van der Waals surface area contributed by atoms with Gasteiger partial charge in [0.15, 0.2) is 0 Å². The summed E-state index contributed by atoms with van der Waals surface area (Å²) >= 11 is -3.58. The third-order valence-electron chi connectivity index (χ3n) is 0.0645. The first-order valence-electron chi connectivity index (χ1n) is 1.41. The number of hydrogen-bond donors (Lipinski definition) is 4. The molecule has 0 atom stereocenters. The monoisotopic (exact) mass is 155 g/mol. The van der Waals surface area contributed by atoms with Crippen molar-refractivity contribution in [3.8, 4) is 12.2 Å². The Morgan fingerprint density at radius 2 is 1.62 bits per heavy atom. The van der Waals surface area contributed by atoms with Gasteiger partial charge in [-0.05, 0) is 0 Å². The fourth-order valence-corrected chi connectivity index (χ4v) is 0. The summed E-state index contributed by atoms with van der Waals surface area (Å²) in [6.07, 6.45) is 1.46. The zero-order valence-electron chi connectivity index (χ0n) is 3.83. The molecule has 0 rings (SSSR count). The summed E-state index contributed by atoms with van der Waals surface area (Å²) in [5.74, 6) is 0.